The Labute approximate surface area is 166 Å². The van der Waals surface area contributed by atoms with Crippen LogP contribution in [-0.2, 0) is 40.0 Å². The van der Waals surface area contributed by atoms with Crippen molar-refractivity contribution >= 4 is 29.9 Å². The summed E-state index contributed by atoms with van der Waals surface area (Å²) in [7, 11) is 0. The smallest absolute Gasteiger partial charge is 0.407 e. The zero-order valence-electron chi connectivity index (χ0n) is 15.9. The van der Waals surface area contributed by atoms with E-state index in [1.54, 1.807) is 24.3 Å². The first-order valence-electron chi connectivity index (χ1n) is 8.50. The van der Waals surface area contributed by atoms with Crippen molar-refractivity contribution in [1.82, 2.24) is 10.6 Å². The van der Waals surface area contributed by atoms with Crippen LogP contribution < -0.4 is 10.6 Å². The lowest BCUT2D eigenvalue weighted by Crippen LogP contribution is -2.51. The summed E-state index contributed by atoms with van der Waals surface area (Å²) < 4.78 is 14.2. The van der Waals surface area contributed by atoms with E-state index in [9.17, 15) is 24.0 Å². The number of rotatable bonds is 10. The van der Waals surface area contributed by atoms with Gasteiger partial charge >= 0.3 is 24.0 Å². The number of carbonyl (C=O) groups is 5. The Balaban J connectivity index is 2.49. The minimum atomic E-state index is -2.01. The van der Waals surface area contributed by atoms with Crippen LogP contribution in [-0.4, -0.2) is 60.3 Å². The van der Waals surface area contributed by atoms with Crippen LogP contribution in [0.4, 0.5) is 4.79 Å². The maximum Gasteiger partial charge on any atom is 0.407 e. The molecule has 2 atom stereocenters. The topological polar surface area (TPSA) is 157 Å². The molecule has 0 spiro atoms. The van der Waals surface area contributed by atoms with E-state index in [1.165, 1.54) is 0 Å². The van der Waals surface area contributed by atoms with Gasteiger partial charge in [0.25, 0.3) is 5.91 Å². The summed E-state index contributed by atoms with van der Waals surface area (Å²) in [5, 5.41) is 13.8. The van der Waals surface area contributed by atoms with Crippen LogP contribution in [0.5, 0.6) is 0 Å². The molecule has 1 rings (SSSR count). The van der Waals surface area contributed by atoms with E-state index in [1.807, 2.05) is 6.07 Å². The number of aliphatic carboxylic acids is 1. The lowest BCUT2D eigenvalue weighted by Gasteiger charge is -2.22. The highest BCUT2D eigenvalue weighted by Crippen LogP contribution is 2.07. The van der Waals surface area contributed by atoms with Crippen LogP contribution in [0.25, 0.3) is 0 Å². The highest BCUT2D eigenvalue weighted by molar-refractivity contribution is 5.90. The Hall–Kier alpha value is -3.63. The van der Waals surface area contributed by atoms with Gasteiger partial charge in [0.2, 0.25) is 12.2 Å². The highest BCUT2D eigenvalue weighted by Gasteiger charge is 2.39. The quantitative estimate of drug-likeness (QED) is 0.274. The number of amides is 2. The van der Waals surface area contributed by atoms with Gasteiger partial charge in [0, 0.05) is 26.9 Å². The normalized spacial score (nSPS) is 12.1. The fourth-order valence-electron chi connectivity index (χ4n) is 2.08. The van der Waals surface area contributed by atoms with E-state index in [0.29, 0.717) is 0 Å². The molecule has 0 aromatic heterocycles. The molecule has 2 amide bonds. The number of carboxylic acid groups (broad SMARTS) is 1. The molecule has 0 aliphatic rings. The number of benzene rings is 1. The van der Waals surface area contributed by atoms with Gasteiger partial charge in [-0.2, -0.15) is 0 Å². The largest absolute Gasteiger partial charge is 0.478 e. The molecule has 0 aliphatic carbocycles. The average molecular weight is 410 g/mol. The highest BCUT2D eigenvalue weighted by atomic mass is 16.6. The zero-order valence-corrected chi connectivity index (χ0v) is 15.9. The van der Waals surface area contributed by atoms with E-state index >= 15 is 0 Å². The SMILES string of the molecule is CC(=O)OC(C(=O)O)C(OC(C)=O)C(=O)NCCNC(=O)OCc1ccccc1. The third-order valence-corrected chi connectivity index (χ3v) is 3.27. The zero-order chi connectivity index (χ0) is 21.8. The first-order valence-corrected chi connectivity index (χ1v) is 8.50. The van der Waals surface area contributed by atoms with E-state index < -0.39 is 42.1 Å². The monoisotopic (exact) mass is 410 g/mol. The van der Waals surface area contributed by atoms with Crippen molar-refractivity contribution in [2.45, 2.75) is 32.7 Å². The fraction of sp³-hybridized carbons (Fsp3) is 0.389. The molecule has 0 aliphatic heterocycles. The van der Waals surface area contributed by atoms with Crippen LogP contribution in [0.15, 0.2) is 30.3 Å². The van der Waals surface area contributed by atoms with Crippen LogP contribution >= 0.6 is 0 Å². The van der Waals surface area contributed by atoms with Gasteiger partial charge in [-0.05, 0) is 5.56 Å². The molecule has 11 heteroatoms. The van der Waals surface area contributed by atoms with Crippen LogP contribution in [0.2, 0.25) is 0 Å². The summed E-state index contributed by atoms with van der Waals surface area (Å²) in [6, 6.07) is 8.98. The number of hydrogen-bond acceptors (Lipinski definition) is 8. The molecule has 0 heterocycles. The van der Waals surface area contributed by atoms with Gasteiger partial charge in [-0.1, -0.05) is 30.3 Å². The van der Waals surface area contributed by atoms with Crippen molar-refractivity contribution in [2.75, 3.05) is 13.1 Å². The summed E-state index contributed by atoms with van der Waals surface area (Å²) in [4.78, 5) is 57.3. The van der Waals surface area contributed by atoms with E-state index in [0.717, 1.165) is 19.4 Å². The molecular formula is C18H22N2O9. The third-order valence-electron chi connectivity index (χ3n) is 3.27. The maximum absolute atomic E-state index is 12.2. The van der Waals surface area contributed by atoms with Crippen LogP contribution in [0.3, 0.4) is 0 Å². The van der Waals surface area contributed by atoms with Gasteiger partial charge in [-0.3, -0.25) is 14.4 Å². The molecular weight excluding hydrogens is 388 g/mol. The minimum absolute atomic E-state index is 0.0442. The Morgan fingerprint density at radius 1 is 0.897 bits per heavy atom. The Kier molecular flexibility index (Phi) is 9.65. The lowest BCUT2D eigenvalue weighted by molar-refractivity contribution is -0.180. The van der Waals surface area contributed by atoms with Crippen LogP contribution in [0, 0.1) is 0 Å². The number of carboxylic acids is 1. The lowest BCUT2D eigenvalue weighted by atomic mass is 10.2. The summed E-state index contributed by atoms with van der Waals surface area (Å²) in [6.45, 7) is 1.82. The van der Waals surface area contributed by atoms with Gasteiger partial charge < -0.3 is 30.0 Å². The van der Waals surface area contributed by atoms with Crippen LogP contribution in [0.1, 0.15) is 19.4 Å². The summed E-state index contributed by atoms with van der Waals surface area (Å²) in [6.07, 6.45) is -4.62. The number of alkyl carbamates (subject to hydrolysis) is 1. The van der Waals surface area contributed by atoms with Gasteiger partial charge in [0.1, 0.15) is 6.61 Å². The predicted molar refractivity (Wildman–Crippen MR) is 96.4 cm³/mol. The third kappa shape index (κ3) is 9.22. The summed E-state index contributed by atoms with van der Waals surface area (Å²) >= 11 is 0. The number of nitrogens with one attached hydrogen (secondary N) is 2. The number of esters is 2. The number of hydrogen-bond donors (Lipinski definition) is 3. The van der Waals surface area contributed by atoms with Gasteiger partial charge in [-0.25, -0.2) is 9.59 Å². The molecule has 0 saturated carbocycles. The molecule has 0 radical (unpaired) electrons. The molecule has 29 heavy (non-hydrogen) atoms. The van der Waals surface area contributed by atoms with E-state index in [4.69, 9.17) is 9.84 Å². The molecule has 0 bridgehead atoms. The van der Waals surface area contributed by atoms with E-state index in [2.05, 4.69) is 20.1 Å². The predicted octanol–water partition coefficient (Wildman–Crippen LogP) is -0.0230. The average Bonchev–Trinajstić information content (AvgIpc) is 2.66. The van der Waals surface area contributed by atoms with Crippen molar-refractivity contribution < 1.29 is 43.3 Å². The number of ether oxygens (including phenoxy) is 3. The van der Waals surface area contributed by atoms with Crippen molar-refractivity contribution in [1.29, 1.82) is 0 Å². The minimum Gasteiger partial charge on any atom is -0.478 e. The van der Waals surface area contributed by atoms with Crippen molar-refractivity contribution in [2.24, 2.45) is 0 Å². The van der Waals surface area contributed by atoms with E-state index in [-0.39, 0.29) is 19.7 Å². The molecule has 2 unspecified atom stereocenters. The standard InChI is InChI=1S/C18H22N2O9/c1-11(21)28-14(15(17(24)25)29-12(2)22)16(23)19-8-9-20-18(26)27-10-13-6-4-3-5-7-13/h3-7,14-15H,8-10H2,1-2H3,(H,19,23)(H,20,26)(H,24,25). The molecule has 0 saturated heterocycles. The fourth-order valence-corrected chi connectivity index (χ4v) is 2.08. The first kappa shape index (κ1) is 23.4. The number of carbonyl (C=O) groups excluding carboxylic acids is 4. The van der Waals surface area contributed by atoms with Crippen molar-refractivity contribution in [3.63, 3.8) is 0 Å². The Morgan fingerprint density at radius 2 is 1.45 bits per heavy atom. The molecule has 1 aromatic carbocycles. The Bertz CT molecular complexity index is 736. The molecule has 11 nitrogen and oxygen atoms in total. The van der Waals surface area contributed by atoms with Gasteiger partial charge in [-0.15, -0.1) is 0 Å². The second kappa shape index (κ2) is 12.0. The Morgan fingerprint density at radius 3 is 2.00 bits per heavy atom. The second-order valence-corrected chi connectivity index (χ2v) is 5.68. The molecule has 0 fully saturated rings. The first-order chi connectivity index (χ1) is 13.7. The maximum atomic E-state index is 12.2. The summed E-state index contributed by atoms with van der Waals surface area (Å²) in [5.41, 5.74) is 0.797. The van der Waals surface area contributed by atoms with Gasteiger partial charge in [0.15, 0.2) is 0 Å². The molecule has 158 valence electrons. The second-order valence-electron chi connectivity index (χ2n) is 5.68. The van der Waals surface area contributed by atoms with Crippen molar-refractivity contribution in [3.8, 4) is 0 Å². The van der Waals surface area contributed by atoms with Crippen molar-refractivity contribution in [3.05, 3.63) is 35.9 Å². The summed E-state index contributed by atoms with van der Waals surface area (Å²) in [5.74, 6) is -4.58. The molecule has 1 aromatic rings. The molecule has 3 N–H and O–H groups in total. The van der Waals surface area contributed by atoms with Gasteiger partial charge in [0.05, 0.1) is 0 Å².